The van der Waals surface area contributed by atoms with E-state index in [0.717, 1.165) is 80.1 Å². The first-order valence-corrected chi connectivity index (χ1v) is 10.9. The van der Waals surface area contributed by atoms with Gasteiger partial charge < -0.3 is 9.15 Å². The van der Waals surface area contributed by atoms with Crippen LogP contribution in [-0.4, -0.2) is 31.1 Å². The molecule has 3 nitrogen and oxygen atoms in total. The van der Waals surface area contributed by atoms with Crippen molar-refractivity contribution in [1.29, 1.82) is 0 Å². The van der Waals surface area contributed by atoms with Crippen molar-refractivity contribution in [3.63, 3.8) is 0 Å². The Labute approximate surface area is 176 Å². The first-order chi connectivity index (χ1) is 14.3. The van der Waals surface area contributed by atoms with Crippen molar-refractivity contribution >= 4 is 22.6 Å². The van der Waals surface area contributed by atoms with Gasteiger partial charge in [-0.2, -0.15) is 0 Å². The number of aryl methyl sites for hydroxylation is 1. The lowest BCUT2D eigenvalue weighted by atomic mass is 9.97. The van der Waals surface area contributed by atoms with Crippen LogP contribution in [-0.2, 0) is 19.3 Å². The number of ether oxygens (including phenoxy) is 1. The minimum Gasteiger partial charge on any atom is -0.493 e. The Morgan fingerprint density at radius 1 is 1.00 bits per heavy atom. The van der Waals surface area contributed by atoms with Crippen molar-refractivity contribution in [1.82, 2.24) is 4.90 Å². The Balaban J connectivity index is 1.15. The van der Waals surface area contributed by atoms with Crippen LogP contribution < -0.4 is 4.74 Å². The van der Waals surface area contributed by atoms with E-state index < -0.39 is 0 Å². The normalized spacial score (nSPS) is 16.7. The fraction of sp³-hybridized carbons (Fsp3) is 0.360. The maximum atomic E-state index is 6.15. The molecule has 0 amide bonds. The number of furan rings is 1. The van der Waals surface area contributed by atoms with Crippen LogP contribution in [0.2, 0.25) is 5.02 Å². The average molecular weight is 408 g/mol. The number of benzene rings is 2. The summed E-state index contributed by atoms with van der Waals surface area (Å²) in [5.41, 5.74) is 6.49. The van der Waals surface area contributed by atoms with Gasteiger partial charge in [-0.25, -0.2) is 0 Å². The number of rotatable bonds is 6. The summed E-state index contributed by atoms with van der Waals surface area (Å²) in [4.78, 5) is 2.52. The fourth-order valence-corrected chi connectivity index (χ4v) is 4.66. The molecule has 0 unspecified atom stereocenters. The van der Waals surface area contributed by atoms with E-state index in [9.17, 15) is 0 Å². The lowest BCUT2D eigenvalue weighted by Gasteiger charge is -2.26. The molecule has 3 aromatic rings. The predicted molar refractivity (Wildman–Crippen MR) is 118 cm³/mol. The molecule has 29 heavy (non-hydrogen) atoms. The molecule has 0 bridgehead atoms. The Bertz CT molecular complexity index is 1050. The second-order valence-corrected chi connectivity index (χ2v) is 8.50. The number of halogens is 1. The number of para-hydroxylation sites is 1. The first-order valence-electron chi connectivity index (χ1n) is 10.6. The summed E-state index contributed by atoms with van der Waals surface area (Å²) in [5, 5.41) is 1.91. The van der Waals surface area contributed by atoms with Crippen LogP contribution in [0, 0.1) is 0 Å². The lowest BCUT2D eigenvalue weighted by Crippen LogP contribution is -2.30. The molecule has 0 saturated heterocycles. The average Bonchev–Trinajstić information content (AvgIpc) is 3.38. The third-order valence-corrected chi connectivity index (χ3v) is 6.45. The summed E-state index contributed by atoms with van der Waals surface area (Å²) >= 11 is 6.15. The molecule has 4 heteroatoms. The minimum atomic E-state index is 0.764. The van der Waals surface area contributed by atoms with Gasteiger partial charge in [0, 0.05) is 36.5 Å². The Hall–Kier alpha value is -2.23. The van der Waals surface area contributed by atoms with Crippen molar-refractivity contribution < 1.29 is 9.15 Å². The standard InChI is InChI=1S/C25H26ClNO2/c26-22-6-7-24-23(16-22)21(17-29-24)10-14-27-12-8-18(9-13-27)4-5-19-2-1-3-20-11-15-28-25(19)20/h1-3,6-8,16-17H,4-5,9-15H2. The number of hydrogen-bond donors (Lipinski definition) is 0. The predicted octanol–water partition coefficient (Wildman–Crippen LogP) is 5.83. The molecule has 2 aliphatic heterocycles. The highest BCUT2D eigenvalue weighted by atomic mass is 35.5. The molecule has 0 fully saturated rings. The van der Waals surface area contributed by atoms with Crippen molar-refractivity contribution in [2.45, 2.75) is 32.1 Å². The molecule has 0 spiro atoms. The monoisotopic (exact) mass is 407 g/mol. The molecule has 5 rings (SSSR count). The van der Waals surface area contributed by atoms with Gasteiger partial charge >= 0.3 is 0 Å². The second-order valence-electron chi connectivity index (χ2n) is 8.07. The van der Waals surface area contributed by atoms with E-state index in [1.165, 1.54) is 16.7 Å². The van der Waals surface area contributed by atoms with Crippen LogP contribution in [0.25, 0.3) is 11.0 Å². The first kappa shape index (κ1) is 18.8. The molecule has 1 aromatic heterocycles. The highest BCUT2D eigenvalue weighted by Crippen LogP contribution is 2.31. The van der Waals surface area contributed by atoms with Crippen molar-refractivity contribution in [3.8, 4) is 5.75 Å². The summed E-state index contributed by atoms with van der Waals surface area (Å²) in [7, 11) is 0. The zero-order valence-electron chi connectivity index (χ0n) is 16.6. The topological polar surface area (TPSA) is 25.6 Å². The van der Waals surface area contributed by atoms with Crippen molar-refractivity contribution in [3.05, 3.63) is 76.0 Å². The highest BCUT2D eigenvalue weighted by molar-refractivity contribution is 6.31. The summed E-state index contributed by atoms with van der Waals surface area (Å²) in [5.74, 6) is 1.15. The van der Waals surface area contributed by atoms with E-state index >= 15 is 0 Å². The minimum absolute atomic E-state index is 0.764. The molecule has 3 heterocycles. The van der Waals surface area contributed by atoms with Crippen molar-refractivity contribution in [2.24, 2.45) is 0 Å². The maximum absolute atomic E-state index is 6.15. The van der Waals surface area contributed by atoms with Crippen LogP contribution in [0.5, 0.6) is 5.75 Å². The van der Waals surface area contributed by atoms with Crippen molar-refractivity contribution in [2.75, 3.05) is 26.2 Å². The third-order valence-electron chi connectivity index (χ3n) is 6.21. The van der Waals surface area contributed by atoms with Gasteiger partial charge in [-0.3, -0.25) is 4.90 Å². The Kier molecular flexibility index (Phi) is 5.34. The summed E-state index contributed by atoms with van der Waals surface area (Å²) in [6, 6.07) is 12.4. The fourth-order valence-electron chi connectivity index (χ4n) is 4.49. The summed E-state index contributed by atoms with van der Waals surface area (Å²) in [6.07, 6.45) is 9.73. The largest absolute Gasteiger partial charge is 0.493 e. The zero-order chi connectivity index (χ0) is 19.6. The van der Waals surface area contributed by atoms with Gasteiger partial charge in [0.15, 0.2) is 0 Å². The SMILES string of the molecule is Clc1ccc2occ(CCN3CC=C(CCc4cccc5c4OCC5)CC3)c2c1. The van der Waals surface area contributed by atoms with Gasteiger partial charge in [0.2, 0.25) is 0 Å². The van der Waals surface area contributed by atoms with Gasteiger partial charge in [-0.1, -0.05) is 41.4 Å². The smallest absolute Gasteiger partial charge is 0.134 e. The third kappa shape index (κ3) is 4.08. The summed E-state index contributed by atoms with van der Waals surface area (Å²) in [6.45, 7) is 4.05. The van der Waals surface area contributed by atoms with Gasteiger partial charge in [0.05, 0.1) is 12.9 Å². The lowest BCUT2D eigenvalue weighted by molar-refractivity contribution is 0.295. The van der Waals surface area contributed by atoms with Crippen LogP contribution >= 0.6 is 11.6 Å². The zero-order valence-corrected chi connectivity index (χ0v) is 17.4. The molecule has 0 atom stereocenters. The molecule has 0 radical (unpaired) electrons. The van der Waals surface area contributed by atoms with Crippen LogP contribution in [0.4, 0.5) is 0 Å². The van der Waals surface area contributed by atoms with Gasteiger partial charge in [-0.15, -0.1) is 0 Å². The van der Waals surface area contributed by atoms with Gasteiger partial charge in [0.25, 0.3) is 0 Å². The number of nitrogens with zero attached hydrogens (tertiary/aromatic N) is 1. The molecular formula is C25H26ClNO2. The second kappa shape index (κ2) is 8.25. The molecule has 2 aromatic carbocycles. The molecule has 0 saturated carbocycles. The van der Waals surface area contributed by atoms with E-state index in [1.54, 1.807) is 5.57 Å². The van der Waals surface area contributed by atoms with E-state index in [2.05, 4.69) is 29.2 Å². The Morgan fingerprint density at radius 3 is 2.86 bits per heavy atom. The summed E-state index contributed by atoms with van der Waals surface area (Å²) < 4.78 is 11.5. The van der Waals surface area contributed by atoms with Gasteiger partial charge in [0.1, 0.15) is 11.3 Å². The van der Waals surface area contributed by atoms with E-state index in [4.69, 9.17) is 20.8 Å². The van der Waals surface area contributed by atoms with Gasteiger partial charge in [-0.05, 0) is 60.6 Å². The highest BCUT2D eigenvalue weighted by Gasteiger charge is 2.17. The number of hydrogen-bond acceptors (Lipinski definition) is 3. The van der Waals surface area contributed by atoms with Crippen LogP contribution in [0.1, 0.15) is 29.5 Å². The van der Waals surface area contributed by atoms with Crippen LogP contribution in [0.15, 0.2) is 58.7 Å². The number of fused-ring (bicyclic) bond motifs is 2. The molecule has 0 aliphatic carbocycles. The molecule has 2 aliphatic rings. The van der Waals surface area contributed by atoms with E-state index in [1.807, 2.05) is 24.5 Å². The van der Waals surface area contributed by atoms with E-state index in [0.29, 0.717) is 0 Å². The molecule has 150 valence electrons. The van der Waals surface area contributed by atoms with E-state index in [-0.39, 0.29) is 0 Å². The molecule has 0 N–H and O–H groups in total. The Morgan fingerprint density at radius 2 is 1.97 bits per heavy atom. The maximum Gasteiger partial charge on any atom is 0.134 e. The van der Waals surface area contributed by atoms with Crippen LogP contribution in [0.3, 0.4) is 0 Å². The molecular weight excluding hydrogens is 382 g/mol. The quantitative estimate of drug-likeness (QED) is 0.481.